The molecule has 0 aromatic carbocycles. The lowest BCUT2D eigenvalue weighted by Crippen LogP contribution is -2.36. The maximum atomic E-state index is 12.8. The maximum absolute atomic E-state index is 12.8. The lowest BCUT2D eigenvalue weighted by Gasteiger charge is -2.25. The number of rotatable bonds is 6. The summed E-state index contributed by atoms with van der Waals surface area (Å²) in [5, 5.41) is 11.9. The molecule has 1 unspecified atom stereocenters. The van der Waals surface area contributed by atoms with Crippen LogP contribution in [0.4, 0.5) is 0 Å². The summed E-state index contributed by atoms with van der Waals surface area (Å²) in [6, 6.07) is 0.0569. The minimum atomic E-state index is 0.0404. The van der Waals surface area contributed by atoms with Crippen molar-refractivity contribution in [3.05, 3.63) is 33.2 Å². The van der Waals surface area contributed by atoms with Gasteiger partial charge in [0.05, 0.1) is 5.56 Å². The largest absolute Gasteiger partial charge is 0.391 e. The van der Waals surface area contributed by atoms with Gasteiger partial charge in [-0.05, 0) is 31.0 Å². The summed E-state index contributed by atoms with van der Waals surface area (Å²) >= 11 is 1.69. The lowest BCUT2D eigenvalue weighted by molar-refractivity contribution is 0.0942. The average Bonchev–Trinajstić information content (AvgIpc) is 2.95. The van der Waals surface area contributed by atoms with Crippen LogP contribution >= 0.6 is 11.3 Å². The van der Waals surface area contributed by atoms with Crippen molar-refractivity contribution >= 4 is 17.2 Å². The third-order valence-corrected chi connectivity index (χ3v) is 5.45. The fourth-order valence-corrected chi connectivity index (χ4v) is 4.16. The number of carbonyl (C=O) groups excluding carboxylic acids is 1. The first kappa shape index (κ1) is 19.0. The predicted molar refractivity (Wildman–Crippen MR) is 102 cm³/mol. The van der Waals surface area contributed by atoms with Crippen LogP contribution in [0.15, 0.2) is 17.2 Å². The molecule has 0 saturated heterocycles. The molecule has 1 atom stereocenters. The summed E-state index contributed by atoms with van der Waals surface area (Å²) in [5.74, 6) is 0.0634. The first-order valence-corrected chi connectivity index (χ1v) is 9.75. The number of thiophene rings is 1. The third kappa shape index (κ3) is 4.61. The first-order valence-electron chi connectivity index (χ1n) is 8.87. The Morgan fingerprint density at radius 1 is 1.46 bits per heavy atom. The molecule has 5 heteroatoms. The van der Waals surface area contributed by atoms with Gasteiger partial charge >= 0.3 is 0 Å². The Kier molecular flexibility index (Phi) is 6.47. The summed E-state index contributed by atoms with van der Waals surface area (Å²) in [6.07, 6.45) is 5.11. The second-order valence-corrected chi connectivity index (χ2v) is 8.39. The molecule has 2 rings (SSSR count). The van der Waals surface area contributed by atoms with Gasteiger partial charge in [0.25, 0.3) is 5.91 Å². The summed E-state index contributed by atoms with van der Waals surface area (Å²) in [6.45, 7) is 10.5. The third-order valence-electron chi connectivity index (χ3n) is 4.42. The van der Waals surface area contributed by atoms with Crippen molar-refractivity contribution in [3.8, 4) is 0 Å². The van der Waals surface area contributed by atoms with E-state index in [0.29, 0.717) is 0 Å². The van der Waals surface area contributed by atoms with Gasteiger partial charge in [0.15, 0.2) is 0 Å². The van der Waals surface area contributed by atoms with Crippen molar-refractivity contribution in [3.63, 3.8) is 0 Å². The quantitative estimate of drug-likeness (QED) is 0.737. The Morgan fingerprint density at radius 2 is 2.21 bits per heavy atom. The molecule has 134 valence electrons. The normalized spacial score (nSPS) is 16.5. The van der Waals surface area contributed by atoms with Gasteiger partial charge in [-0.25, -0.2) is 0 Å². The van der Waals surface area contributed by atoms with Crippen molar-refractivity contribution in [2.24, 2.45) is 5.41 Å². The van der Waals surface area contributed by atoms with E-state index in [1.54, 1.807) is 11.3 Å². The molecular weight excluding hydrogens is 318 g/mol. The zero-order valence-corrected chi connectivity index (χ0v) is 16.4. The van der Waals surface area contributed by atoms with Crippen LogP contribution in [0, 0.1) is 5.41 Å². The predicted octanol–water partition coefficient (Wildman–Crippen LogP) is 3.44. The van der Waals surface area contributed by atoms with E-state index >= 15 is 0 Å². The van der Waals surface area contributed by atoms with Gasteiger partial charge < -0.3 is 16.0 Å². The van der Waals surface area contributed by atoms with Gasteiger partial charge in [0.2, 0.25) is 0 Å². The minimum Gasteiger partial charge on any atom is -0.391 e. The molecule has 1 aliphatic heterocycles. The second-order valence-electron chi connectivity index (χ2n) is 7.43. The molecule has 1 aromatic heterocycles. The highest BCUT2D eigenvalue weighted by Crippen LogP contribution is 2.26. The van der Waals surface area contributed by atoms with Gasteiger partial charge in [-0.15, -0.1) is 11.3 Å². The Balaban J connectivity index is 2.17. The molecule has 0 spiro atoms. The first-order chi connectivity index (χ1) is 11.4. The number of carbonyl (C=O) groups is 1. The van der Waals surface area contributed by atoms with Crippen LogP contribution in [0.1, 0.15) is 61.3 Å². The topological polar surface area (TPSA) is 53.2 Å². The Morgan fingerprint density at radius 3 is 2.83 bits per heavy atom. The zero-order chi connectivity index (χ0) is 17.7. The zero-order valence-electron chi connectivity index (χ0n) is 15.6. The highest BCUT2D eigenvalue weighted by atomic mass is 32.1. The van der Waals surface area contributed by atoms with E-state index in [2.05, 4.69) is 49.7 Å². The molecule has 0 bridgehead atoms. The van der Waals surface area contributed by atoms with Crippen molar-refractivity contribution in [2.45, 2.75) is 59.5 Å². The number of nitrogens with one attached hydrogen (secondary N) is 3. The number of allylic oxidation sites excluding steroid dienone is 1. The molecule has 0 fully saturated rings. The second kappa shape index (κ2) is 8.17. The van der Waals surface area contributed by atoms with Gasteiger partial charge in [-0.3, -0.25) is 4.79 Å². The van der Waals surface area contributed by atoms with Crippen molar-refractivity contribution in [2.75, 3.05) is 13.6 Å². The van der Waals surface area contributed by atoms with Gasteiger partial charge in [0, 0.05) is 41.0 Å². The molecule has 1 aliphatic rings. The standard InChI is InChI=1S/C19H31N3OS/c1-6-7-13(10-17(20-5)19(2,3)4)22-18(23)15-12-24-16-11-21-9-8-14(15)16/h10,12-13,20-21H,6-9,11H2,1-5H3,(H,22,23)/b17-10-. The van der Waals surface area contributed by atoms with E-state index < -0.39 is 0 Å². The van der Waals surface area contributed by atoms with Crippen molar-refractivity contribution in [1.82, 2.24) is 16.0 Å². The van der Waals surface area contributed by atoms with Crippen LogP contribution in [0.2, 0.25) is 0 Å². The van der Waals surface area contributed by atoms with E-state index in [-0.39, 0.29) is 17.4 Å². The van der Waals surface area contributed by atoms with E-state index in [9.17, 15) is 4.79 Å². The van der Waals surface area contributed by atoms with Crippen molar-refractivity contribution < 1.29 is 4.79 Å². The van der Waals surface area contributed by atoms with Crippen LogP contribution in [0.25, 0.3) is 0 Å². The van der Waals surface area contributed by atoms with Gasteiger partial charge in [0.1, 0.15) is 0 Å². The molecule has 0 saturated carbocycles. The van der Waals surface area contributed by atoms with E-state index in [1.807, 2.05) is 12.4 Å². The van der Waals surface area contributed by atoms with Crippen LogP contribution in [0.5, 0.6) is 0 Å². The molecule has 24 heavy (non-hydrogen) atoms. The maximum Gasteiger partial charge on any atom is 0.252 e. The van der Waals surface area contributed by atoms with Crippen molar-refractivity contribution in [1.29, 1.82) is 0 Å². The monoisotopic (exact) mass is 349 g/mol. The van der Waals surface area contributed by atoms with E-state index in [1.165, 1.54) is 10.4 Å². The summed E-state index contributed by atoms with van der Waals surface area (Å²) in [5.41, 5.74) is 3.31. The minimum absolute atomic E-state index is 0.0404. The van der Waals surface area contributed by atoms with E-state index in [0.717, 1.165) is 43.6 Å². The average molecular weight is 350 g/mol. The number of hydrogen-bond acceptors (Lipinski definition) is 4. The van der Waals surface area contributed by atoms with Crippen LogP contribution in [-0.4, -0.2) is 25.5 Å². The molecule has 1 amide bonds. The SMILES string of the molecule is CCCC(/C=C(\NC)C(C)(C)C)NC(=O)c1csc2c1CCNC2. The summed E-state index contributed by atoms with van der Waals surface area (Å²) < 4.78 is 0. The molecule has 4 nitrogen and oxygen atoms in total. The summed E-state index contributed by atoms with van der Waals surface area (Å²) in [7, 11) is 1.95. The highest BCUT2D eigenvalue weighted by molar-refractivity contribution is 7.10. The number of hydrogen-bond donors (Lipinski definition) is 3. The lowest BCUT2D eigenvalue weighted by atomic mass is 9.90. The van der Waals surface area contributed by atoms with Gasteiger partial charge in [-0.1, -0.05) is 34.1 Å². The number of fused-ring (bicyclic) bond motifs is 1. The van der Waals surface area contributed by atoms with Crippen LogP contribution in [0.3, 0.4) is 0 Å². The number of amides is 1. The Labute approximate surface area is 150 Å². The fourth-order valence-electron chi connectivity index (χ4n) is 3.11. The Hall–Kier alpha value is -1.33. The fraction of sp³-hybridized carbons (Fsp3) is 0.632. The van der Waals surface area contributed by atoms with E-state index in [4.69, 9.17) is 0 Å². The smallest absolute Gasteiger partial charge is 0.252 e. The molecular formula is C19H31N3OS. The molecule has 3 N–H and O–H groups in total. The molecule has 0 aliphatic carbocycles. The molecule has 1 aromatic rings. The van der Waals surface area contributed by atoms with Crippen LogP contribution < -0.4 is 16.0 Å². The molecule has 0 radical (unpaired) electrons. The summed E-state index contributed by atoms with van der Waals surface area (Å²) in [4.78, 5) is 14.1. The van der Waals surface area contributed by atoms with Gasteiger partial charge in [-0.2, -0.15) is 0 Å². The van der Waals surface area contributed by atoms with Crippen LogP contribution in [-0.2, 0) is 13.0 Å². The Bertz CT molecular complexity index is 598. The highest BCUT2D eigenvalue weighted by Gasteiger charge is 2.22. The molecule has 2 heterocycles.